The van der Waals surface area contributed by atoms with Gasteiger partial charge in [0, 0.05) is 24.5 Å². The molecule has 4 aromatic rings. The van der Waals surface area contributed by atoms with Crippen LogP contribution in [0.15, 0.2) is 57.7 Å². The highest BCUT2D eigenvalue weighted by Gasteiger charge is 2.45. The number of carbonyl (C=O) groups excluding carboxylic acids is 1. The SMILES string of the molecule is Cn1nnc(-c2ccc(C(C(=O)Nc3cc(-c4ccco4)no3)C3CCC(F)(F)C3)cc2)n1. The Morgan fingerprint density at radius 1 is 1.27 bits per heavy atom. The lowest BCUT2D eigenvalue weighted by atomic mass is 9.83. The van der Waals surface area contributed by atoms with E-state index in [9.17, 15) is 13.6 Å². The summed E-state index contributed by atoms with van der Waals surface area (Å²) in [5, 5.41) is 18.5. The first-order valence-corrected chi connectivity index (χ1v) is 10.4. The first-order chi connectivity index (χ1) is 15.9. The van der Waals surface area contributed by atoms with E-state index in [-0.39, 0.29) is 25.1 Å². The first-order valence-electron chi connectivity index (χ1n) is 10.4. The van der Waals surface area contributed by atoms with Crippen molar-refractivity contribution < 1.29 is 22.5 Å². The molecule has 1 aliphatic rings. The number of nitrogens with zero attached hydrogens (tertiary/aromatic N) is 5. The third kappa shape index (κ3) is 4.38. The van der Waals surface area contributed by atoms with Crippen LogP contribution in [-0.2, 0) is 11.8 Å². The predicted octanol–water partition coefficient (Wildman–Crippen LogP) is 4.28. The summed E-state index contributed by atoms with van der Waals surface area (Å²) in [5.74, 6) is -3.51. The van der Waals surface area contributed by atoms with Crippen LogP contribution in [0.5, 0.6) is 0 Å². The summed E-state index contributed by atoms with van der Waals surface area (Å²) in [6, 6.07) is 11.9. The van der Waals surface area contributed by atoms with Gasteiger partial charge in [-0.15, -0.1) is 10.2 Å². The standard InChI is InChI=1S/C22H20F2N6O3/c1-30-27-20(26-29-30)14-6-4-13(5-7-14)19(15-8-9-22(23,24)12-15)21(31)25-18-11-16(28-33-18)17-3-2-10-32-17/h2-7,10-11,15,19H,8-9,12H2,1H3,(H,25,31). The number of anilines is 1. The molecule has 1 amide bonds. The van der Waals surface area contributed by atoms with Gasteiger partial charge in [-0.3, -0.25) is 10.1 Å². The Labute approximate surface area is 186 Å². The number of benzene rings is 1. The van der Waals surface area contributed by atoms with Gasteiger partial charge in [0.25, 0.3) is 0 Å². The smallest absolute Gasteiger partial charge is 0.248 e. The maximum atomic E-state index is 14.0. The van der Waals surface area contributed by atoms with E-state index in [4.69, 9.17) is 8.94 Å². The lowest BCUT2D eigenvalue weighted by Crippen LogP contribution is -2.27. The van der Waals surface area contributed by atoms with E-state index in [1.165, 1.54) is 17.1 Å². The lowest BCUT2D eigenvalue weighted by molar-refractivity contribution is -0.119. The van der Waals surface area contributed by atoms with Crippen molar-refractivity contribution in [2.24, 2.45) is 13.0 Å². The molecule has 0 saturated heterocycles. The summed E-state index contributed by atoms with van der Waals surface area (Å²) < 4.78 is 38.5. The molecule has 0 aliphatic heterocycles. The Hall–Kier alpha value is -3.89. The minimum Gasteiger partial charge on any atom is -0.463 e. The molecule has 11 heteroatoms. The molecule has 2 atom stereocenters. The van der Waals surface area contributed by atoms with Gasteiger partial charge in [0.05, 0.1) is 19.2 Å². The molecular formula is C22H20F2N6O3. The Morgan fingerprint density at radius 2 is 2.09 bits per heavy atom. The molecule has 5 rings (SSSR count). The number of aryl methyl sites for hydroxylation is 1. The van der Waals surface area contributed by atoms with Crippen LogP contribution in [0.2, 0.25) is 0 Å². The second-order valence-corrected chi connectivity index (χ2v) is 8.10. The van der Waals surface area contributed by atoms with Gasteiger partial charge in [-0.05, 0) is 35.2 Å². The summed E-state index contributed by atoms with van der Waals surface area (Å²) in [6.45, 7) is 0. The van der Waals surface area contributed by atoms with Gasteiger partial charge in [0.1, 0.15) is 0 Å². The summed E-state index contributed by atoms with van der Waals surface area (Å²) in [6.07, 6.45) is 1.14. The number of rotatable bonds is 6. The molecule has 1 saturated carbocycles. The van der Waals surface area contributed by atoms with Crippen LogP contribution in [0.4, 0.5) is 14.7 Å². The van der Waals surface area contributed by atoms with Gasteiger partial charge in [-0.2, -0.15) is 4.80 Å². The highest BCUT2D eigenvalue weighted by Crippen LogP contribution is 2.46. The van der Waals surface area contributed by atoms with Crippen molar-refractivity contribution in [2.75, 3.05) is 5.32 Å². The van der Waals surface area contributed by atoms with E-state index in [1.54, 1.807) is 43.4 Å². The fourth-order valence-corrected chi connectivity index (χ4v) is 4.22. The zero-order valence-corrected chi connectivity index (χ0v) is 17.6. The van der Waals surface area contributed by atoms with Crippen molar-refractivity contribution in [3.05, 3.63) is 54.3 Å². The Morgan fingerprint density at radius 3 is 2.73 bits per heavy atom. The predicted molar refractivity (Wildman–Crippen MR) is 112 cm³/mol. The van der Waals surface area contributed by atoms with Gasteiger partial charge < -0.3 is 8.94 Å². The van der Waals surface area contributed by atoms with Crippen LogP contribution >= 0.6 is 0 Å². The summed E-state index contributed by atoms with van der Waals surface area (Å²) in [5.41, 5.74) is 1.75. The van der Waals surface area contributed by atoms with Gasteiger partial charge >= 0.3 is 0 Å². The summed E-state index contributed by atoms with van der Waals surface area (Å²) >= 11 is 0. The number of tetrazole rings is 1. The monoisotopic (exact) mass is 454 g/mol. The second-order valence-electron chi connectivity index (χ2n) is 8.10. The van der Waals surface area contributed by atoms with Crippen LogP contribution < -0.4 is 5.32 Å². The number of halogens is 2. The molecule has 0 bridgehead atoms. The largest absolute Gasteiger partial charge is 0.463 e. The minimum absolute atomic E-state index is 0.113. The Kier molecular flexibility index (Phi) is 5.23. The molecule has 1 aromatic carbocycles. The van der Waals surface area contributed by atoms with Crippen molar-refractivity contribution in [1.29, 1.82) is 0 Å². The average Bonchev–Trinajstić information content (AvgIpc) is 3.57. The molecule has 1 N–H and O–H groups in total. The molecule has 1 aliphatic carbocycles. The zero-order valence-electron chi connectivity index (χ0n) is 17.6. The van der Waals surface area contributed by atoms with Crippen molar-refractivity contribution in [3.63, 3.8) is 0 Å². The number of amides is 1. The number of carbonyl (C=O) groups is 1. The highest BCUT2D eigenvalue weighted by atomic mass is 19.3. The van der Waals surface area contributed by atoms with Crippen LogP contribution in [0.25, 0.3) is 22.8 Å². The summed E-state index contributed by atoms with van der Waals surface area (Å²) in [7, 11) is 1.66. The average molecular weight is 454 g/mol. The molecule has 170 valence electrons. The maximum Gasteiger partial charge on any atom is 0.248 e. The van der Waals surface area contributed by atoms with Gasteiger partial charge in [-0.25, -0.2) is 8.78 Å². The molecule has 9 nitrogen and oxygen atoms in total. The van der Waals surface area contributed by atoms with Crippen molar-refractivity contribution in [3.8, 4) is 22.8 Å². The zero-order chi connectivity index (χ0) is 23.0. The number of furan rings is 1. The number of hydrogen-bond acceptors (Lipinski definition) is 7. The normalized spacial score (nSPS) is 18.3. The molecule has 3 aromatic heterocycles. The van der Waals surface area contributed by atoms with E-state index < -0.39 is 23.7 Å². The van der Waals surface area contributed by atoms with Crippen molar-refractivity contribution in [1.82, 2.24) is 25.4 Å². The molecular weight excluding hydrogens is 434 g/mol. The minimum atomic E-state index is -2.79. The number of hydrogen-bond donors (Lipinski definition) is 1. The molecule has 2 unspecified atom stereocenters. The number of alkyl halides is 2. The molecule has 33 heavy (non-hydrogen) atoms. The molecule has 0 radical (unpaired) electrons. The highest BCUT2D eigenvalue weighted by molar-refractivity contribution is 5.95. The van der Waals surface area contributed by atoms with Crippen LogP contribution in [-0.4, -0.2) is 37.2 Å². The van der Waals surface area contributed by atoms with E-state index in [0.29, 0.717) is 28.4 Å². The number of aromatic nitrogens is 5. The third-order valence-electron chi connectivity index (χ3n) is 5.76. The Balaban J connectivity index is 1.40. The van der Waals surface area contributed by atoms with E-state index in [0.717, 1.165) is 0 Å². The fourth-order valence-electron chi connectivity index (χ4n) is 4.22. The van der Waals surface area contributed by atoms with E-state index in [2.05, 4.69) is 25.9 Å². The molecule has 3 heterocycles. The maximum absolute atomic E-state index is 14.0. The van der Waals surface area contributed by atoms with Gasteiger partial charge in [0.15, 0.2) is 11.5 Å². The van der Waals surface area contributed by atoms with E-state index in [1.807, 2.05) is 0 Å². The quantitative estimate of drug-likeness (QED) is 0.463. The van der Waals surface area contributed by atoms with Gasteiger partial charge in [0.2, 0.25) is 23.5 Å². The van der Waals surface area contributed by atoms with Crippen molar-refractivity contribution in [2.45, 2.75) is 31.1 Å². The van der Waals surface area contributed by atoms with Crippen molar-refractivity contribution >= 4 is 11.8 Å². The Bertz CT molecular complexity index is 1250. The molecule has 1 fully saturated rings. The second kappa shape index (κ2) is 8.23. The van der Waals surface area contributed by atoms with Crippen LogP contribution in [0.3, 0.4) is 0 Å². The topological polar surface area (TPSA) is 112 Å². The van der Waals surface area contributed by atoms with Gasteiger partial charge in [-0.1, -0.05) is 29.4 Å². The lowest BCUT2D eigenvalue weighted by Gasteiger charge is -2.23. The third-order valence-corrected chi connectivity index (χ3v) is 5.76. The molecule has 0 spiro atoms. The first kappa shape index (κ1) is 21.0. The number of nitrogens with one attached hydrogen (secondary N) is 1. The fraction of sp³-hybridized carbons (Fsp3) is 0.318. The summed E-state index contributed by atoms with van der Waals surface area (Å²) in [4.78, 5) is 14.6. The van der Waals surface area contributed by atoms with Crippen LogP contribution in [0, 0.1) is 5.92 Å². The van der Waals surface area contributed by atoms with Crippen LogP contribution in [0.1, 0.15) is 30.7 Å². The van der Waals surface area contributed by atoms with E-state index >= 15 is 0 Å².